The van der Waals surface area contributed by atoms with Crippen molar-refractivity contribution in [3.63, 3.8) is 0 Å². The van der Waals surface area contributed by atoms with Crippen molar-refractivity contribution in [1.29, 1.82) is 5.26 Å². The van der Waals surface area contributed by atoms with Crippen LogP contribution in [0.2, 0.25) is 0 Å². The van der Waals surface area contributed by atoms with Crippen LogP contribution < -0.4 is 22.1 Å². The van der Waals surface area contributed by atoms with Gasteiger partial charge in [-0.15, -0.1) is 0 Å². The van der Waals surface area contributed by atoms with Gasteiger partial charge in [0.15, 0.2) is 0 Å². The van der Waals surface area contributed by atoms with Gasteiger partial charge in [0.2, 0.25) is 0 Å². The van der Waals surface area contributed by atoms with E-state index in [1.54, 1.807) is 0 Å². The Morgan fingerprint density at radius 1 is 0.955 bits per heavy atom. The van der Waals surface area contributed by atoms with Crippen LogP contribution in [-0.4, -0.2) is 35.2 Å². The molecule has 2 rings (SSSR count). The van der Waals surface area contributed by atoms with E-state index in [2.05, 4.69) is 41.5 Å². The Hall–Kier alpha value is -2.13. The fourth-order valence-electron chi connectivity index (χ4n) is 1.85. The van der Waals surface area contributed by atoms with Gasteiger partial charge < -0.3 is 22.1 Å². The second kappa shape index (κ2) is 13.8. The average Bonchev–Trinajstić information content (AvgIpc) is 3.14. The summed E-state index contributed by atoms with van der Waals surface area (Å²) >= 11 is 0. The van der Waals surface area contributed by atoms with E-state index >= 15 is 0 Å². The van der Waals surface area contributed by atoms with Gasteiger partial charge in [-0.25, -0.2) is 0 Å². The number of nitrogens with two attached hydrogens (primary N) is 3. The van der Waals surface area contributed by atoms with Gasteiger partial charge in [0, 0.05) is 25.7 Å². The van der Waals surface area contributed by atoms with Crippen molar-refractivity contribution >= 4 is 5.69 Å². The monoisotopic (exact) mass is 303 g/mol. The Morgan fingerprint density at radius 2 is 1.45 bits per heavy atom. The number of rotatable bonds is 2. The molecule has 0 spiro atoms. The van der Waals surface area contributed by atoms with Crippen molar-refractivity contribution < 1.29 is 0 Å². The maximum atomic E-state index is 9.17. The fourth-order valence-corrected chi connectivity index (χ4v) is 1.85. The molecule has 5 nitrogen and oxygen atoms in total. The minimum atomic E-state index is 0.255. The third-order valence-electron chi connectivity index (χ3n) is 2.78. The lowest BCUT2D eigenvalue weighted by atomic mass is 9.95. The summed E-state index contributed by atoms with van der Waals surface area (Å²) < 4.78 is 0. The molecule has 1 aromatic carbocycles. The molecule has 5 heteroatoms. The van der Waals surface area contributed by atoms with Crippen LogP contribution in [-0.2, 0) is 0 Å². The van der Waals surface area contributed by atoms with E-state index < -0.39 is 0 Å². The summed E-state index contributed by atoms with van der Waals surface area (Å²) in [6, 6.07) is 8.31. The van der Waals surface area contributed by atoms with Crippen LogP contribution in [0.25, 0.3) is 0 Å². The SMILES string of the molecule is CN.CN.CN.CN(C)c1ccc(C2C=CC=C2)c(C#N)c1. The quantitative estimate of drug-likeness (QED) is 0.769. The van der Waals surface area contributed by atoms with E-state index in [0.29, 0.717) is 0 Å². The van der Waals surface area contributed by atoms with Crippen molar-refractivity contribution in [3.8, 4) is 6.07 Å². The zero-order valence-corrected chi connectivity index (χ0v) is 14.2. The predicted molar refractivity (Wildman–Crippen MR) is 96.8 cm³/mol. The summed E-state index contributed by atoms with van der Waals surface area (Å²) in [5.74, 6) is 0.255. The fraction of sp³-hybridized carbons (Fsp3) is 0.353. The second-order valence-electron chi connectivity index (χ2n) is 4.07. The molecule has 0 aromatic heterocycles. The van der Waals surface area contributed by atoms with Crippen LogP contribution in [0.15, 0.2) is 42.5 Å². The van der Waals surface area contributed by atoms with E-state index in [4.69, 9.17) is 5.26 Å². The summed E-state index contributed by atoms with van der Waals surface area (Å²) in [4.78, 5) is 2.00. The minimum absolute atomic E-state index is 0.255. The lowest BCUT2D eigenvalue weighted by Crippen LogP contribution is -2.09. The van der Waals surface area contributed by atoms with Crippen LogP contribution >= 0.6 is 0 Å². The van der Waals surface area contributed by atoms with E-state index in [-0.39, 0.29) is 5.92 Å². The van der Waals surface area contributed by atoms with Crippen molar-refractivity contribution in [3.05, 3.63) is 53.6 Å². The Kier molecular flexibility index (Phi) is 13.9. The van der Waals surface area contributed by atoms with E-state index in [1.165, 1.54) is 21.1 Å². The first-order valence-electron chi connectivity index (χ1n) is 7.02. The molecule has 0 fully saturated rings. The maximum absolute atomic E-state index is 9.17. The van der Waals surface area contributed by atoms with Crippen LogP contribution in [0.1, 0.15) is 17.0 Å². The van der Waals surface area contributed by atoms with Crippen molar-refractivity contribution in [1.82, 2.24) is 0 Å². The lowest BCUT2D eigenvalue weighted by Gasteiger charge is -2.15. The molecular weight excluding hydrogens is 274 g/mol. The number of anilines is 1. The summed E-state index contributed by atoms with van der Waals surface area (Å²) in [6.45, 7) is 0. The number of hydrogen-bond acceptors (Lipinski definition) is 5. The zero-order valence-electron chi connectivity index (χ0n) is 14.2. The van der Waals surface area contributed by atoms with Crippen LogP contribution in [0.4, 0.5) is 5.69 Å². The molecule has 0 heterocycles. The van der Waals surface area contributed by atoms with Crippen molar-refractivity contribution in [2.75, 3.05) is 40.1 Å². The molecule has 1 aliphatic carbocycles. The van der Waals surface area contributed by atoms with Crippen LogP contribution in [0, 0.1) is 11.3 Å². The summed E-state index contributed by atoms with van der Waals surface area (Å²) in [5, 5.41) is 9.17. The predicted octanol–water partition coefficient (Wildman–Crippen LogP) is 1.56. The highest BCUT2D eigenvalue weighted by Crippen LogP contribution is 2.28. The molecule has 0 amide bonds. The second-order valence-corrected chi connectivity index (χ2v) is 4.07. The smallest absolute Gasteiger partial charge is 0.0995 e. The number of benzene rings is 1. The van der Waals surface area contributed by atoms with Gasteiger partial charge in [0.25, 0.3) is 0 Å². The zero-order chi connectivity index (χ0) is 17.5. The van der Waals surface area contributed by atoms with Gasteiger partial charge in [0.1, 0.15) is 0 Å². The molecule has 0 aliphatic heterocycles. The van der Waals surface area contributed by atoms with Gasteiger partial charge in [-0.3, -0.25) is 0 Å². The molecule has 22 heavy (non-hydrogen) atoms. The molecule has 0 saturated heterocycles. The van der Waals surface area contributed by atoms with Crippen LogP contribution in [0.3, 0.4) is 0 Å². The maximum Gasteiger partial charge on any atom is 0.0995 e. The lowest BCUT2D eigenvalue weighted by molar-refractivity contribution is 1.08. The number of nitrogens with zero attached hydrogens (tertiary/aromatic N) is 2. The molecule has 0 saturated carbocycles. The Bertz CT molecular complexity index is 486. The van der Waals surface area contributed by atoms with Gasteiger partial charge in [-0.1, -0.05) is 30.4 Å². The minimum Gasteiger partial charge on any atom is -0.378 e. The summed E-state index contributed by atoms with van der Waals surface area (Å²) in [5.41, 5.74) is 16.4. The van der Waals surface area contributed by atoms with E-state index in [1.807, 2.05) is 43.3 Å². The van der Waals surface area contributed by atoms with Gasteiger partial charge in [0.05, 0.1) is 11.6 Å². The number of hydrogen-bond donors (Lipinski definition) is 3. The first-order chi connectivity index (χ1) is 10.7. The Labute approximate surface area is 134 Å². The molecule has 0 bridgehead atoms. The topological polar surface area (TPSA) is 105 Å². The highest BCUT2D eigenvalue weighted by atomic mass is 15.1. The van der Waals surface area contributed by atoms with E-state index in [0.717, 1.165) is 16.8 Å². The summed E-state index contributed by atoms with van der Waals surface area (Å²) in [6.07, 6.45) is 8.24. The van der Waals surface area contributed by atoms with Gasteiger partial charge >= 0.3 is 0 Å². The van der Waals surface area contributed by atoms with E-state index in [9.17, 15) is 0 Å². The average molecular weight is 303 g/mol. The van der Waals surface area contributed by atoms with Crippen molar-refractivity contribution in [2.24, 2.45) is 17.2 Å². The Balaban J connectivity index is 0. The molecule has 0 unspecified atom stereocenters. The number of nitriles is 1. The molecule has 122 valence electrons. The van der Waals surface area contributed by atoms with Gasteiger partial charge in [-0.05, 0) is 38.8 Å². The standard InChI is InChI=1S/C14H14N2.3CH5N/c1-16(2)13-7-8-14(12(9-13)10-15)11-5-3-4-6-11;3*1-2/h3-9,11H,1-2H3;3*2H2,1H3. The first-order valence-corrected chi connectivity index (χ1v) is 7.02. The molecular formula is C17H29N5. The molecule has 1 aliphatic rings. The highest BCUT2D eigenvalue weighted by Gasteiger charge is 2.12. The highest BCUT2D eigenvalue weighted by molar-refractivity contribution is 5.56. The first kappa shape index (κ1) is 22.2. The van der Waals surface area contributed by atoms with Crippen LogP contribution in [0.5, 0.6) is 0 Å². The molecule has 0 radical (unpaired) electrons. The summed E-state index contributed by atoms with van der Waals surface area (Å²) in [7, 11) is 8.46. The number of allylic oxidation sites excluding steroid dienone is 4. The normalized spacial score (nSPS) is 11.0. The van der Waals surface area contributed by atoms with Gasteiger partial charge in [-0.2, -0.15) is 5.26 Å². The Morgan fingerprint density at radius 3 is 1.86 bits per heavy atom. The molecule has 0 atom stereocenters. The molecule has 1 aromatic rings. The third kappa shape index (κ3) is 6.55. The van der Waals surface area contributed by atoms with Crippen molar-refractivity contribution in [2.45, 2.75) is 5.92 Å². The third-order valence-corrected chi connectivity index (χ3v) is 2.78. The largest absolute Gasteiger partial charge is 0.378 e. The molecule has 6 N–H and O–H groups in total.